The van der Waals surface area contributed by atoms with Crippen molar-refractivity contribution in [2.45, 2.75) is 13.8 Å². The highest BCUT2D eigenvalue weighted by Crippen LogP contribution is 2.23. The third kappa shape index (κ3) is 2.44. The molecule has 0 spiro atoms. The zero-order valence-electron chi connectivity index (χ0n) is 7.74. The molecule has 13 heavy (non-hydrogen) atoms. The van der Waals surface area contributed by atoms with Crippen LogP contribution in [0.3, 0.4) is 0 Å². The van der Waals surface area contributed by atoms with E-state index in [1.54, 1.807) is 25.1 Å². The monoisotopic (exact) mass is 176 g/mol. The number of allylic oxidation sites excluding steroid dienone is 2. The summed E-state index contributed by atoms with van der Waals surface area (Å²) in [5.41, 5.74) is 1.49. The van der Waals surface area contributed by atoms with Crippen LogP contribution < -0.4 is 0 Å². The molecule has 1 rings (SSSR count). The molecular formula is C11H12O2. The summed E-state index contributed by atoms with van der Waals surface area (Å²) in [6, 6.07) is 6.96. The minimum absolute atomic E-state index is 0.0132. The minimum Gasteiger partial charge on any atom is -0.507 e. The van der Waals surface area contributed by atoms with Crippen molar-refractivity contribution in [3.05, 3.63) is 35.9 Å². The van der Waals surface area contributed by atoms with E-state index in [0.29, 0.717) is 5.56 Å². The van der Waals surface area contributed by atoms with Crippen molar-refractivity contribution < 1.29 is 9.90 Å². The lowest BCUT2D eigenvalue weighted by molar-refractivity contribution is -0.112. The van der Waals surface area contributed by atoms with Gasteiger partial charge in [-0.1, -0.05) is 18.2 Å². The number of benzene rings is 1. The molecule has 0 aliphatic rings. The van der Waals surface area contributed by atoms with Crippen LogP contribution in [0.2, 0.25) is 0 Å². The van der Waals surface area contributed by atoms with Gasteiger partial charge in [0.25, 0.3) is 0 Å². The molecule has 0 aromatic heterocycles. The van der Waals surface area contributed by atoms with Crippen molar-refractivity contribution in [2.75, 3.05) is 0 Å². The Morgan fingerprint density at radius 3 is 2.46 bits per heavy atom. The molecule has 1 aromatic rings. The first-order chi connectivity index (χ1) is 6.11. The molecule has 0 aliphatic carbocycles. The molecule has 0 radical (unpaired) electrons. The number of para-hydroxylation sites is 1. The molecule has 0 aliphatic heterocycles. The van der Waals surface area contributed by atoms with Gasteiger partial charge >= 0.3 is 0 Å². The van der Waals surface area contributed by atoms with Gasteiger partial charge in [-0.05, 0) is 31.6 Å². The summed E-state index contributed by atoms with van der Waals surface area (Å²) >= 11 is 0. The summed E-state index contributed by atoms with van der Waals surface area (Å²) in [6.07, 6.45) is 1.51. The average Bonchev–Trinajstić information content (AvgIpc) is 2.03. The van der Waals surface area contributed by atoms with Crippen molar-refractivity contribution in [3.8, 4) is 5.75 Å². The van der Waals surface area contributed by atoms with Crippen LogP contribution in [0.4, 0.5) is 0 Å². The van der Waals surface area contributed by atoms with E-state index in [2.05, 4.69) is 0 Å². The molecule has 0 saturated heterocycles. The summed E-state index contributed by atoms with van der Waals surface area (Å²) < 4.78 is 0. The van der Waals surface area contributed by atoms with Crippen molar-refractivity contribution >= 4 is 11.4 Å². The Labute approximate surface area is 77.5 Å². The maximum atomic E-state index is 10.8. The van der Waals surface area contributed by atoms with Gasteiger partial charge in [0.1, 0.15) is 5.75 Å². The maximum absolute atomic E-state index is 10.8. The predicted molar refractivity (Wildman–Crippen MR) is 52.4 cm³/mol. The Morgan fingerprint density at radius 1 is 1.31 bits per heavy atom. The summed E-state index contributed by atoms with van der Waals surface area (Å²) in [4.78, 5) is 10.8. The van der Waals surface area contributed by atoms with Crippen LogP contribution in [0, 0.1) is 0 Å². The van der Waals surface area contributed by atoms with Crippen LogP contribution in [-0.2, 0) is 4.79 Å². The number of rotatable bonds is 2. The lowest BCUT2D eigenvalue weighted by Crippen LogP contribution is -1.86. The number of phenols is 1. The number of aromatic hydroxyl groups is 1. The molecule has 2 nitrogen and oxygen atoms in total. The fourth-order valence-corrected chi connectivity index (χ4v) is 1.19. The Bertz CT molecular complexity index is 351. The molecule has 0 saturated carbocycles. The topological polar surface area (TPSA) is 37.3 Å². The van der Waals surface area contributed by atoms with Crippen LogP contribution in [-0.4, -0.2) is 10.9 Å². The number of hydrogen-bond acceptors (Lipinski definition) is 2. The van der Waals surface area contributed by atoms with Gasteiger partial charge in [0.05, 0.1) is 0 Å². The fourth-order valence-electron chi connectivity index (χ4n) is 1.19. The van der Waals surface area contributed by atoms with E-state index in [0.717, 1.165) is 5.57 Å². The molecule has 0 fully saturated rings. The lowest BCUT2D eigenvalue weighted by atomic mass is 10.1. The molecule has 2 heteroatoms. The van der Waals surface area contributed by atoms with Gasteiger partial charge in [-0.25, -0.2) is 0 Å². The number of carbonyl (C=O) groups is 1. The van der Waals surface area contributed by atoms with E-state index in [-0.39, 0.29) is 11.5 Å². The smallest absolute Gasteiger partial charge is 0.152 e. The van der Waals surface area contributed by atoms with E-state index in [4.69, 9.17) is 0 Å². The Balaban J connectivity index is 3.08. The normalized spacial score (nSPS) is 11.4. The highest BCUT2D eigenvalue weighted by Gasteiger charge is 2.01. The molecule has 0 bridgehead atoms. The van der Waals surface area contributed by atoms with E-state index in [9.17, 15) is 9.90 Å². The van der Waals surface area contributed by atoms with E-state index < -0.39 is 0 Å². The second-order valence-electron chi connectivity index (χ2n) is 2.96. The van der Waals surface area contributed by atoms with Crippen molar-refractivity contribution in [3.63, 3.8) is 0 Å². The predicted octanol–water partition coefficient (Wildman–Crippen LogP) is 2.38. The summed E-state index contributed by atoms with van der Waals surface area (Å²) in [5, 5.41) is 9.44. The Morgan fingerprint density at radius 2 is 1.92 bits per heavy atom. The van der Waals surface area contributed by atoms with E-state index >= 15 is 0 Å². The highest BCUT2D eigenvalue weighted by molar-refractivity contribution is 5.95. The minimum atomic E-state index is -0.0132. The van der Waals surface area contributed by atoms with Crippen LogP contribution in [0.25, 0.3) is 5.57 Å². The zero-order valence-corrected chi connectivity index (χ0v) is 7.74. The zero-order chi connectivity index (χ0) is 9.84. The van der Waals surface area contributed by atoms with Crippen molar-refractivity contribution in [1.29, 1.82) is 0 Å². The van der Waals surface area contributed by atoms with E-state index in [1.807, 2.05) is 6.07 Å². The summed E-state index contributed by atoms with van der Waals surface area (Å²) in [6.45, 7) is 3.29. The summed E-state index contributed by atoms with van der Waals surface area (Å²) in [7, 11) is 0. The quantitative estimate of drug-likeness (QED) is 0.702. The van der Waals surface area contributed by atoms with Gasteiger partial charge in [-0.15, -0.1) is 0 Å². The van der Waals surface area contributed by atoms with Crippen LogP contribution >= 0.6 is 0 Å². The fraction of sp³-hybridized carbons (Fsp3) is 0.182. The standard InChI is InChI=1S/C11H12O2/c1-8(7-9(2)12)10-5-3-4-6-11(10)13/h3-7,13H,1-2H3/b8-7-. The van der Waals surface area contributed by atoms with Crippen molar-refractivity contribution in [1.82, 2.24) is 0 Å². The molecule has 0 atom stereocenters. The average molecular weight is 176 g/mol. The third-order valence-electron chi connectivity index (χ3n) is 1.75. The van der Waals surface area contributed by atoms with Gasteiger partial charge < -0.3 is 5.11 Å². The van der Waals surface area contributed by atoms with Crippen LogP contribution in [0.5, 0.6) is 5.75 Å². The first-order valence-electron chi connectivity index (χ1n) is 4.08. The molecular weight excluding hydrogens is 164 g/mol. The molecule has 1 N–H and O–H groups in total. The van der Waals surface area contributed by atoms with Crippen LogP contribution in [0.15, 0.2) is 30.3 Å². The van der Waals surface area contributed by atoms with Gasteiger partial charge in [0.15, 0.2) is 5.78 Å². The second kappa shape index (κ2) is 3.90. The number of ketones is 1. The Kier molecular flexibility index (Phi) is 2.85. The number of phenolic OH excluding ortho intramolecular Hbond substituents is 1. The third-order valence-corrected chi connectivity index (χ3v) is 1.75. The highest BCUT2D eigenvalue weighted by atomic mass is 16.3. The van der Waals surface area contributed by atoms with Gasteiger partial charge in [0, 0.05) is 5.56 Å². The van der Waals surface area contributed by atoms with Crippen molar-refractivity contribution in [2.24, 2.45) is 0 Å². The first-order valence-corrected chi connectivity index (χ1v) is 4.08. The maximum Gasteiger partial charge on any atom is 0.152 e. The summed E-state index contributed by atoms with van der Waals surface area (Å²) in [5.74, 6) is 0.193. The SMILES string of the molecule is CC(=O)/C=C(/C)c1ccccc1O. The van der Waals surface area contributed by atoms with Gasteiger partial charge in [-0.2, -0.15) is 0 Å². The lowest BCUT2D eigenvalue weighted by Gasteiger charge is -2.02. The number of carbonyl (C=O) groups excluding carboxylic acids is 1. The molecule has 68 valence electrons. The first kappa shape index (κ1) is 9.52. The largest absolute Gasteiger partial charge is 0.507 e. The van der Waals surface area contributed by atoms with Crippen LogP contribution in [0.1, 0.15) is 19.4 Å². The molecule has 0 heterocycles. The van der Waals surface area contributed by atoms with E-state index in [1.165, 1.54) is 13.0 Å². The Hall–Kier alpha value is -1.57. The molecule has 0 amide bonds. The van der Waals surface area contributed by atoms with Gasteiger partial charge in [-0.3, -0.25) is 4.79 Å². The molecule has 1 aromatic carbocycles. The van der Waals surface area contributed by atoms with Gasteiger partial charge in [0.2, 0.25) is 0 Å². The second-order valence-corrected chi connectivity index (χ2v) is 2.96. The number of hydrogen-bond donors (Lipinski definition) is 1. The molecule has 0 unspecified atom stereocenters.